The van der Waals surface area contributed by atoms with E-state index in [0.717, 1.165) is 4.90 Å². The lowest BCUT2D eigenvalue weighted by molar-refractivity contribution is -0.131. The lowest BCUT2D eigenvalue weighted by Gasteiger charge is -2.21. The van der Waals surface area contributed by atoms with E-state index >= 15 is 0 Å². The van der Waals surface area contributed by atoms with Gasteiger partial charge in [-0.05, 0) is 31.2 Å². The van der Waals surface area contributed by atoms with Gasteiger partial charge in [0.05, 0.1) is 24.2 Å². The topological polar surface area (TPSA) is 138 Å². The van der Waals surface area contributed by atoms with Crippen molar-refractivity contribution in [2.75, 3.05) is 38.1 Å². The summed E-state index contributed by atoms with van der Waals surface area (Å²) in [6.07, 6.45) is 1.04. The van der Waals surface area contributed by atoms with Gasteiger partial charge in [-0.25, -0.2) is 8.78 Å². The number of carbonyl (C=O) groups excluding carboxylic acids is 4. The fraction of sp³-hybridized carbons (Fsp3) is 0.458. The van der Waals surface area contributed by atoms with Gasteiger partial charge in [-0.1, -0.05) is 0 Å². The third kappa shape index (κ3) is 6.51. The van der Waals surface area contributed by atoms with Gasteiger partial charge in [0, 0.05) is 62.7 Å². The highest BCUT2D eigenvalue weighted by molar-refractivity contribution is 6.08. The van der Waals surface area contributed by atoms with Crippen LogP contribution in [0.5, 0.6) is 0 Å². The number of hydrogen-bond donors (Lipinski definition) is 3. The normalized spacial score (nSPS) is 16.6. The number of carbonyl (C=O) groups is 4. The van der Waals surface area contributed by atoms with Crippen molar-refractivity contribution in [3.05, 3.63) is 36.0 Å². The summed E-state index contributed by atoms with van der Waals surface area (Å²) >= 11 is 0. The molecule has 1 saturated heterocycles. The van der Waals surface area contributed by atoms with Crippen LogP contribution in [0.1, 0.15) is 36.5 Å². The molecule has 4 amide bonds. The molecule has 1 aromatic carbocycles. The van der Waals surface area contributed by atoms with Gasteiger partial charge >= 0.3 is 0 Å². The number of rotatable bonds is 9. The van der Waals surface area contributed by atoms with Crippen LogP contribution in [0.3, 0.4) is 0 Å². The molecule has 0 spiro atoms. The van der Waals surface area contributed by atoms with E-state index < -0.39 is 43.3 Å². The molecule has 2 heterocycles. The van der Waals surface area contributed by atoms with Crippen LogP contribution in [-0.4, -0.2) is 78.7 Å². The second kappa shape index (κ2) is 11.4. The molecule has 2 aromatic rings. The number of nitrogens with zero attached hydrogens (tertiary/aromatic N) is 3. The van der Waals surface area contributed by atoms with Gasteiger partial charge in [0.25, 0.3) is 11.8 Å². The zero-order valence-electron chi connectivity index (χ0n) is 20.2. The number of anilines is 1. The first kappa shape index (κ1) is 26.9. The van der Waals surface area contributed by atoms with Crippen molar-refractivity contribution >= 4 is 40.2 Å². The molecule has 1 atom stereocenters. The SMILES string of the molecule is CC1CC(F)(F)CN1C(=O)CNC(=O)c1ccnc2ccc(N(C)C(=O)CCC(=O)NCCN)cc12. The Bertz CT molecular complexity index is 1160. The fourth-order valence-corrected chi connectivity index (χ4v) is 4.07. The molecule has 0 radical (unpaired) electrons. The smallest absolute Gasteiger partial charge is 0.267 e. The highest BCUT2D eigenvalue weighted by Gasteiger charge is 2.44. The second-order valence-electron chi connectivity index (χ2n) is 8.76. The van der Waals surface area contributed by atoms with Crippen LogP contribution in [0.4, 0.5) is 14.5 Å². The van der Waals surface area contributed by atoms with E-state index in [2.05, 4.69) is 15.6 Å². The molecular formula is C24H30F2N6O4. The molecule has 0 aliphatic carbocycles. The molecular weight excluding hydrogens is 474 g/mol. The Hall–Kier alpha value is -3.67. The Morgan fingerprint density at radius 3 is 2.61 bits per heavy atom. The molecule has 1 aliphatic rings. The molecule has 36 heavy (non-hydrogen) atoms. The lowest BCUT2D eigenvalue weighted by Crippen LogP contribution is -2.42. The average Bonchev–Trinajstić information content (AvgIpc) is 3.14. The summed E-state index contributed by atoms with van der Waals surface area (Å²) in [5.41, 5.74) is 6.54. The summed E-state index contributed by atoms with van der Waals surface area (Å²) < 4.78 is 27.2. The van der Waals surface area contributed by atoms with Crippen molar-refractivity contribution in [2.45, 2.75) is 38.2 Å². The predicted molar refractivity (Wildman–Crippen MR) is 130 cm³/mol. The molecule has 10 nitrogen and oxygen atoms in total. The number of alkyl halides is 2. The first-order valence-corrected chi connectivity index (χ1v) is 11.6. The van der Waals surface area contributed by atoms with Crippen LogP contribution >= 0.6 is 0 Å². The molecule has 0 bridgehead atoms. The van der Waals surface area contributed by atoms with Crippen molar-refractivity contribution in [1.29, 1.82) is 0 Å². The van der Waals surface area contributed by atoms with Crippen molar-refractivity contribution in [3.8, 4) is 0 Å². The standard InChI is InChI=1S/C24H30F2N6O4/c1-15-12-24(25,26)14-32(15)22(35)13-30-23(36)17-7-9-28-19-4-3-16(11-18(17)19)31(2)21(34)6-5-20(33)29-10-8-27/h3-4,7,9,11,15H,5-6,8,10,12-14,27H2,1-2H3,(H,29,33)(H,30,36). The highest BCUT2D eigenvalue weighted by Crippen LogP contribution is 2.31. The van der Waals surface area contributed by atoms with Gasteiger partial charge in [0.2, 0.25) is 17.7 Å². The lowest BCUT2D eigenvalue weighted by atomic mass is 10.1. The van der Waals surface area contributed by atoms with Gasteiger partial charge in [-0.15, -0.1) is 0 Å². The Morgan fingerprint density at radius 1 is 1.19 bits per heavy atom. The van der Waals surface area contributed by atoms with Crippen LogP contribution < -0.4 is 21.3 Å². The monoisotopic (exact) mass is 504 g/mol. The maximum Gasteiger partial charge on any atom is 0.267 e. The van der Waals surface area contributed by atoms with Crippen LogP contribution in [0.25, 0.3) is 10.9 Å². The fourth-order valence-electron chi connectivity index (χ4n) is 4.07. The minimum absolute atomic E-state index is 0.0125. The van der Waals surface area contributed by atoms with E-state index in [-0.39, 0.29) is 30.2 Å². The minimum atomic E-state index is -2.94. The van der Waals surface area contributed by atoms with Crippen LogP contribution in [-0.2, 0) is 14.4 Å². The van der Waals surface area contributed by atoms with Crippen molar-refractivity contribution in [2.24, 2.45) is 5.73 Å². The number of hydrogen-bond acceptors (Lipinski definition) is 6. The Kier molecular flexibility index (Phi) is 8.51. The number of likely N-dealkylation sites (tertiary alicyclic amines) is 1. The molecule has 3 rings (SSSR count). The Balaban J connectivity index is 1.69. The summed E-state index contributed by atoms with van der Waals surface area (Å²) in [6, 6.07) is 5.80. The summed E-state index contributed by atoms with van der Waals surface area (Å²) in [6.45, 7) is 1.10. The van der Waals surface area contributed by atoms with Crippen LogP contribution in [0.2, 0.25) is 0 Å². The predicted octanol–water partition coefficient (Wildman–Crippen LogP) is 1.04. The van der Waals surface area contributed by atoms with E-state index in [1.54, 1.807) is 32.2 Å². The zero-order chi connectivity index (χ0) is 26.5. The molecule has 194 valence electrons. The molecule has 0 saturated carbocycles. The second-order valence-corrected chi connectivity index (χ2v) is 8.76. The molecule has 1 fully saturated rings. The molecule has 1 aromatic heterocycles. The Labute approximate surface area is 207 Å². The maximum atomic E-state index is 13.6. The van der Waals surface area contributed by atoms with Gasteiger partial charge < -0.3 is 26.2 Å². The van der Waals surface area contributed by atoms with Crippen molar-refractivity contribution in [3.63, 3.8) is 0 Å². The third-order valence-corrected chi connectivity index (χ3v) is 6.01. The molecule has 4 N–H and O–H groups in total. The number of nitrogens with two attached hydrogens (primary N) is 1. The molecule has 1 aliphatic heterocycles. The number of fused-ring (bicyclic) bond motifs is 1. The summed E-state index contributed by atoms with van der Waals surface area (Å²) in [5.74, 6) is -4.67. The number of pyridine rings is 1. The first-order valence-electron chi connectivity index (χ1n) is 11.6. The summed E-state index contributed by atoms with van der Waals surface area (Å²) in [7, 11) is 1.56. The van der Waals surface area contributed by atoms with Gasteiger partial charge in [-0.2, -0.15) is 0 Å². The number of amides is 4. The van der Waals surface area contributed by atoms with Crippen molar-refractivity contribution in [1.82, 2.24) is 20.5 Å². The van der Waals surface area contributed by atoms with E-state index in [4.69, 9.17) is 5.73 Å². The van der Waals surface area contributed by atoms with Gasteiger partial charge in [-0.3, -0.25) is 24.2 Å². The summed E-state index contributed by atoms with van der Waals surface area (Å²) in [4.78, 5) is 56.3. The number of nitrogens with one attached hydrogen (secondary N) is 2. The van der Waals surface area contributed by atoms with Crippen LogP contribution in [0, 0.1) is 0 Å². The van der Waals surface area contributed by atoms with Gasteiger partial charge in [0.15, 0.2) is 0 Å². The number of aromatic nitrogens is 1. The largest absolute Gasteiger partial charge is 0.355 e. The van der Waals surface area contributed by atoms with E-state index in [1.807, 2.05) is 0 Å². The molecule has 12 heteroatoms. The number of halogens is 2. The van der Waals surface area contributed by atoms with E-state index in [0.29, 0.717) is 29.7 Å². The van der Waals surface area contributed by atoms with E-state index in [1.165, 1.54) is 17.2 Å². The Morgan fingerprint density at radius 2 is 1.94 bits per heavy atom. The van der Waals surface area contributed by atoms with Crippen LogP contribution in [0.15, 0.2) is 30.5 Å². The maximum absolute atomic E-state index is 13.6. The third-order valence-electron chi connectivity index (χ3n) is 6.01. The van der Waals surface area contributed by atoms with Crippen molar-refractivity contribution < 1.29 is 28.0 Å². The average molecular weight is 505 g/mol. The highest BCUT2D eigenvalue weighted by atomic mass is 19.3. The summed E-state index contributed by atoms with van der Waals surface area (Å²) in [5, 5.41) is 5.55. The number of benzene rings is 1. The quantitative estimate of drug-likeness (QED) is 0.467. The zero-order valence-corrected chi connectivity index (χ0v) is 20.2. The minimum Gasteiger partial charge on any atom is -0.355 e. The molecule has 1 unspecified atom stereocenters. The van der Waals surface area contributed by atoms with Gasteiger partial charge in [0.1, 0.15) is 0 Å². The van der Waals surface area contributed by atoms with E-state index in [9.17, 15) is 28.0 Å². The first-order chi connectivity index (χ1) is 17.0.